The number of aromatic nitrogens is 7. The molecule has 6 rings (SSSR count). The average Bonchev–Trinajstić information content (AvgIpc) is 3.52. The van der Waals surface area contributed by atoms with Gasteiger partial charge >= 0.3 is 6.01 Å². The lowest BCUT2D eigenvalue weighted by Crippen LogP contribution is -2.36. The van der Waals surface area contributed by atoms with Crippen LogP contribution >= 0.6 is 0 Å². The summed E-state index contributed by atoms with van der Waals surface area (Å²) in [6, 6.07) is 8.47. The van der Waals surface area contributed by atoms with E-state index in [9.17, 15) is 4.39 Å². The SMILES string of the molecule is Cc1cc(-c2nnc(N3CCc4[nH]cnc4[C@@H]3c3cc4c(F)cccn4n3)o2)ccn1. The number of imidazole rings is 1. The van der Waals surface area contributed by atoms with Gasteiger partial charge in [-0.2, -0.15) is 5.10 Å². The minimum absolute atomic E-state index is 0.334. The first-order valence-electron chi connectivity index (χ1n) is 9.86. The van der Waals surface area contributed by atoms with Crippen molar-refractivity contribution in [2.45, 2.75) is 19.4 Å². The highest BCUT2D eigenvalue weighted by atomic mass is 19.1. The number of hydrogen-bond acceptors (Lipinski definition) is 7. The number of anilines is 1. The average molecular weight is 416 g/mol. The molecule has 6 heterocycles. The molecule has 10 heteroatoms. The first-order valence-corrected chi connectivity index (χ1v) is 9.86. The van der Waals surface area contributed by atoms with E-state index in [2.05, 4.69) is 30.2 Å². The molecule has 0 amide bonds. The number of nitrogens with one attached hydrogen (secondary N) is 1. The lowest BCUT2D eigenvalue weighted by Gasteiger charge is -2.32. The van der Waals surface area contributed by atoms with Crippen molar-refractivity contribution in [1.29, 1.82) is 0 Å². The summed E-state index contributed by atoms with van der Waals surface area (Å²) in [4.78, 5) is 13.9. The molecule has 1 atom stereocenters. The van der Waals surface area contributed by atoms with Crippen molar-refractivity contribution in [3.63, 3.8) is 0 Å². The third-order valence-corrected chi connectivity index (χ3v) is 5.48. The highest BCUT2D eigenvalue weighted by Crippen LogP contribution is 2.37. The summed E-state index contributed by atoms with van der Waals surface area (Å²) in [6.07, 6.45) is 5.83. The highest BCUT2D eigenvalue weighted by Gasteiger charge is 2.36. The van der Waals surface area contributed by atoms with Gasteiger partial charge in [0.25, 0.3) is 0 Å². The Morgan fingerprint density at radius 2 is 2.13 bits per heavy atom. The second-order valence-electron chi connectivity index (χ2n) is 7.44. The van der Waals surface area contributed by atoms with Gasteiger partial charge < -0.3 is 14.3 Å². The van der Waals surface area contributed by atoms with Crippen LogP contribution in [0.2, 0.25) is 0 Å². The number of aromatic amines is 1. The number of fused-ring (bicyclic) bond motifs is 2. The molecule has 154 valence electrons. The second kappa shape index (κ2) is 6.73. The fraction of sp³-hybridized carbons (Fsp3) is 0.190. The van der Waals surface area contributed by atoms with E-state index in [4.69, 9.17) is 4.42 Å². The summed E-state index contributed by atoms with van der Waals surface area (Å²) >= 11 is 0. The van der Waals surface area contributed by atoms with Crippen LogP contribution in [-0.2, 0) is 6.42 Å². The Hall–Kier alpha value is -4.08. The molecule has 0 aliphatic carbocycles. The summed E-state index contributed by atoms with van der Waals surface area (Å²) in [6.45, 7) is 2.52. The largest absolute Gasteiger partial charge is 0.403 e. The Morgan fingerprint density at radius 3 is 3.00 bits per heavy atom. The quantitative estimate of drug-likeness (QED) is 0.482. The van der Waals surface area contributed by atoms with Crippen LogP contribution in [0.1, 0.15) is 28.8 Å². The van der Waals surface area contributed by atoms with E-state index < -0.39 is 0 Å². The molecule has 0 spiro atoms. The summed E-state index contributed by atoms with van der Waals surface area (Å²) in [5.74, 6) is 0.0760. The zero-order valence-electron chi connectivity index (χ0n) is 16.5. The predicted octanol–water partition coefficient (Wildman–Crippen LogP) is 3.10. The molecule has 0 bridgehead atoms. The second-order valence-corrected chi connectivity index (χ2v) is 7.44. The molecule has 0 fully saturated rings. The summed E-state index contributed by atoms with van der Waals surface area (Å²) in [5.41, 5.74) is 4.55. The van der Waals surface area contributed by atoms with E-state index in [1.807, 2.05) is 24.0 Å². The van der Waals surface area contributed by atoms with E-state index >= 15 is 0 Å². The van der Waals surface area contributed by atoms with Crippen LogP contribution < -0.4 is 4.90 Å². The van der Waals surface area contributed by atoms with Crippen LogP contribution in [0.3, 0.4) is 0 Å². The molecule has 0 saturated carbocycles. The fourth-order valence-electron chi connectivity index (χ4n) is 4.04. The number of halogens is 1. The lowest BCUT2D eigenvalue weighted by molar-refractivity contribution is 0.503. The Labute approximate surface area is 175 Å². The first-order chi connectivity index (χ1) is 15.2. The zero-order chi connectivity index (χ0) is 20.9. The van der Waals surface area contributed by atoms with Gasteiger partial charge in [0, 0.05) is 42.3 Å². The molecule has 1 aliphatic rings. The molecule has 5 aromatic heterocycles. The van der Waals surface area contributed by atoms with Gasteiger partial charge in [0.2, 0.25) is 5.89 Å². The maximum Gasteiger partial charge on any atom is 0.319 e. The van der Waals surface area contributed by atoms with Crippen molar-refractivity contribution in [3.8, 4) is 11.5 Å². The maximum atomic E-state index is 14.3. The normalized spacial score (nSPS) is 16.1. The molecule has 0 saturated heterocycles. The zero-order valence-corrected chi connectivity index (χ0v) is 16.5. The molecular weight excluding hydrogens is 399 g/mol. The number of H-pyrrole nitrogens is 1. The van der Waals surface area contributed by atoms with Gasteiger partial charge in [-0.1, -0.05) is 5.10 Å². The Balaban J connectivity index is 1.45. The van der Waals surface area contributed by atoms with Crippen LogP contribution in [0.5, 0.6) is 0 Å². The van der Waals surface area contributed by atoms with Crippen molar-refractivity contribution >= 4 is 11.5 Å². The monoisotopic (exact) mass is 416 g/mol. The molecule has 0 unspecified atom stereocenters. The molecule has 0 aromatic carbocycles. The Kier molecular flexibility index (Phi) is 3.85. The first kappa shape index (κ1) is 17.8. The number of aryl methyl sites for hydroxylation is 1. The third-order valence-electron chi connectivity index (χ3n) is 5.48. The van der Waals surface area contributed by atoms with Crippen molar-refractivity contribution < 1.29 is 8.81 Å². The number of pyridine rings is 2. The van der Waals surface area contributed by atoms with E-state index in [0.29, 0.717) is 29.7 Å². The summed E-state index contributed by atoms with van der Waals surface area (Å²) in [7, 11) is 0. The van der Waals surface area contributed by atoms with Gasteiger partial charge in [-0.3, -0.25) is 4.98 Å². The fourth-order valence-corrected chi connectivity index (χ4v) is 4.04. The molecular formula is C21H17FN8O. The number of nitrogens with zero attached hydrogens (tertiary/aromatic N) is 7. The van der Waals surface area contributed by atoms with E-state index in [1.165, 1.54) is 10.6 Å². The van der Waals surface area contributed by atoms with Gasteiger partial charge in [-0.15, -0.1) is 5.10 Å². The van der Waals surface area contributed by atoms with Gasteiger partial charge in [0.05, 0.1) is 17.7 Å². The molecule has 9 nitrogen and oxygen atoms in total. The van der Waals surface area contributed by atoms with Crippen LogP contribution in [-0.4, -0.2) is 41.3 Å². The maximum absolute atomic E-state index is 14.3. The Morgan fingerprint density at radius 1 is 1.19 bits per heavy atom. The van der Waals surface area contributed by atoms with Crippen molar-refractivity contribution in [2.24, 2.45) is 0 Å². The minimum Gasteiger partial charge on any atom is -0.403 e. The minimum atomic E-state index is -0.387. The number of rotatable bonds is 3. The van der Waals surface area contributed by atoms with Crippen LogP contribution in [0.15, 0.2) is 53.5 Å². The lowest BCUT2D eigenvalue weighted by atomic mass is 10.0. The molecule has 1 aliphatic heterocycles. The summed E-state index contributed by atoms with van der Waals surface area (Å²) in [5, 5.41) is 13.1. The van der Waals surface area contributed by atoms with Crippen molar-refractivity contribution in [3.05, 3.63) is 77.6 Å². The molecule has 5 aromatic rings. The van der Waals surface area contributed by atoms with Crippen LogP contribution in [0.4, 0.5) is 10.4 Å². The Bertz CT molecular complexity index is 1400. The van der Waals surface area contributed by atoms with Crippen molar-refractivity contribution in [1.82, 2.24) is 34.8 Å². The predicted molar refractivity (Wildman–Crippen MR) is 109 cm³/mol. The van der Waals surface area contributed by atoms with Gasteiger partial charge in [-0.25, -0.2) is 13.9 Å². The third kappa shape index (κ3) is 2.87. The highest BCUT2D eigenvalue weighted by molar-refractivity contribution is 5.55. The van der Waals surface area contributed by atoms with Gasteiger partial charge in [-0.05, 0) is 37.3 Å². The van der Waals surface area contributed by atoms with E-state index in [0.717, 1.165) is 29.1 Å². The number of hydrogen-bond donors (Lipinski definition) is 1. The van der Waals surface area contributed by atoms with Crippen molar-refractivity contribution in [2.75, 3.05) is 11.4 Å². The van der Waals surface area contributed by atoms with Crippen LogP contribution in [0.25, 0.3) is 17.0 Å². The molecule has 1 N–H and O–H groups in total. The standard InChI is InChI=1S/C21H17FN8O/c1-12-9-13(4-6-23-12)20-26-27-21(31-20)29-8-5-15-18(25-11-24-15)19(29)16-10-17-14(22)3-2-7-30(17)28-16/h2-4,6-7,9-11,19H,5,8H2,1H3,(H,24,25)/t19-/m0/s1. The van der Waals surface area contributed by atoms with E-state index in [1.54, 1.807) is 30.9 Å². The van der Waals surface area contributed by atoms with Gasteiger partial charge in [0.15, 0.2) is 0 Å². The van der Waals surface area contributed by atoms with E-state index in [-0.39, 0.29) is 11.9 Å². The smallest absolute Gasteiger partial charge is 0.319 e. The molecule has 31 heavy (non-hydrogen) atoms. The topological polar surface area (TPSA) is 101 Å². The van der Waals surface area contributed by atoms with Gasteiger partial charge in [0.1, 0.15) is 17.4 Å². The van der Waals surface area contributed by atoms with Crippen LogP contribution in [0, 0.1) is 12.7 Å². The molecule has 0 radical (unpaired) electrons. The summed E-state index contributed by atoms with van der Waals surface area (Å²) < 4.78 is 21.9.